The van der Waals surface area contributed by atoms with E-state index in [4.69, 9.17) is 4.98 Å². The first-order valence-electron chi connectivity index (χ1n) is 7.22. The van der Waals surface area contributed by atoms with Crippen molar-refractivity contribution in [2.45, 2.75) is 18.8 Å². The van der Waals surface area contributed by atoms with Gasteiger partial charge in [-0.05, 0) is 25.0 Å². The first kappa shape index (κ1) is 12.3. The van der Waals surface area contributed by atoms with Crippen LogP contribution in [0.4, 0.5) is 0 Å². The Morgan fingerprint density at radius 1 is 1.05 bits per heavy atom. The van der Waals surface area contributed by atoms with E-state index >= 15 is 0 Å². The highest BCUT2D eigenvalue weighted by Gasteiger charge is 2.29. The van der Waals surface area contributed by atoms with E-state index in [-0.39, 0.29) is 0 Å². The molecular weight excluding hydrogens is 262 g/mol. The van der Waals surface area contributed by atoms with Gasteiger partial charge in [0.1, 0.15) is 5.82 Å². The molecule has 0 unspecified atom stereocenters. The fourth-order valence-electron chi connectivity index (χ4n) is 2.69. The number of benzene rings is 1. The van der Waals surface area contributed by atoms with Gasteiger partial charge >= 0.3 is 0 Å². The van der Waals surface area contributed by atoms with Crippen LogP contribution in [0.2, 0.25) is 0 Å². The third-order valence-corrected chi connectivity index (χ3v) is 3.98. The van der Waals surface area contributed by atoms with E-state index in [1.807, 2.05) is 41.8 Å². The summed E-state index contributed by atoms with van der Waals surface area (Å²) < 4.78 is 3.80. The van der Waals surface area contributed by atoms with Gasteiger partial charge in [0.15, 0.2) is 5.82 Å². The van der Waals surface area contributed by atoms with Crippen molar-refractivity contribution in [3.05, 3.63) is 42.4 Å². The highest BCUT2D eigenvalue weighted by Crippen LogP contribution is 2.39. The lowest BCUT2D eigenvalue weighted by atomic mass is 10.1. The van der Waals surface area contributed by atoms with Crippen LogP contribution in [-0.4, -0.2) is 24.5 Å². The van der Waals surface area contributed by atoms with E-state index < -0.39 is 0 Å². The Kier molecular flexibility index (Phi) is 2.67. The van der Waals surface area contributed by atoms with Crippen molar-refractivity contribution in [3.8, 4) is 22.6 Å². The van der Waals surface area contributed by atoms with Crippen molar-refractivity contribution in [1.82, 2.24) is 24.5 Å². The van der Waals surface area contributed by atoms with E-state index in [9.17, 15) is 0 Å². The third-order valence-electron chi connectivity index (χ3n) is 3.98. The molecule has 21 heavy (non-hydrogen) atoms. The number of aryl methyl sites for hydroxylation is 2. The van der Waals surface area contributed by atoms with Crippen LogP contribution >= 0.6 is 0 Å². The maximum atomic E-state index is 4.72. The maximum absolute atomic E-state index is 4.72. The molecule has 0 radical (unpaired) electrons. The molecular formula is C16H17N5. The average molecular weight is 279 g/mol. The summed E-state index contributed by atoms with van der Waals surface area (Å²) in [5, 5.41) is 8.80. The maximum Gasteiger partial charge on any atom is 0.181 e. The van der Waals surface area contributed by atoms with Gasteiger partial charge in [-0.25, -0.2) is 4.98 Å². The van der Waals surface area contributed by atoms with E-state index in [2.05, 4.69) is 28.4 Å². The lowest BCUT2D eigenvalue weighted by Gasteiger charge is -2.03. The minimum absolute atomic E-state index is 0.608. The topological polar surface area (TPSA) is 48.5 Å². The lowest BCUT2D eigenvalue weighted by Crippen LogP contribution is -1.96. The van der Waals surface area contributed by atoms with E-state index in [0.29, 0.717) is 5.92 Å². The molecule has 3 aromatic rings. The molecule has 0 amide bonds. The molecule has 0 spiro atoms. The van der Waals surface area contributed by atoms with Gasteiger partial charge in [0.25, 0.3) is 0 Å². The smallest absolute Gasteiger partial charge is 0.181 e. The summed E-state index contributed by atoms with van der Waals surface area (Å²) in [6.45, 7) is 0. The van der Waals surface area contributed by atoms with Crippen LogP contribution in [0.3, 0.4) is 0 Å². The average Bonchev–Trinajstić information content (AvgIpc) is 3.13. The van der Waals surface area contributed by atoms with Crippen LogP contribution in [-0.2, 0) is 14.1 Å². The molecule has 0 saturated heterocycles. The lowest BCUT2D eigenvalue weighted by molar-refractivity contribution is 0.705. The molecule has 5 heteroatoms. The Morgan fingerprint density at radius 3 is 2.57 bits per heavy atom. The predicted octanol–water partition coefficient (Wildman–Crippen LogP) is 2.76. The monoisotopic (exact) mass is 279 g/mol. The highest BCUT2D eigenvalue weighted by atomic mass is 15.3. The molecule has 0 atom stereocenters. The molecule has 1 aromatic carbocycles. The summed E-state index contributed by atoms with van der Waals surface area (Å²) in [6.07, 6.45) is 4.29. The van der Waals surface area contributed by atoms with Crippen LogP contribution in [0, 0.1) is 0 Å². The molecule has 106 valence electrons. The number of aromatic nitrogens is 5. The van der Waals surface area contributed by atoms with Crippen molar-refractivity contribution in [2.24, 2.45) is 14.1 Å². The van der Waals surface area contributed by atoms with Crippen LogP contribution in [0.15, 0.2) is 36.5 Å². The molecule has 5 nitrogen and oxygen atoms in total. The van der Waals surface area contributed by atoms with Crippen LogP contribution in [0.25, 0.3) is 22.6 Å². The SMILES string of the molecule is Cn1nccc1-c1cccc(-c2nc(C3CC3)n(C)n2)c1. The summed E-state index contributed by atoms with van der Waals surface area (Å²) in [5.41, 5.74) is 3.28. The second-order valence-corrected chi connectivity index (χ2v) is 5.61. The first-order valence-corrected chi connectivity index (χ1v) is 7.22. The molecule has 4 rings (SSSR count). The quantitative estimate of drug-likeness (QED) is 0.740. The van der Waals surface area contributed by atoms with Gasteiger partial charge in [0, 0.05) is 37.3 Å². The van der Waals surface area contributed by atoms with Crippen LogP contribution < -0.4 is 0 Å². The minimum Gasteiger partial charge on any atom is -0.268 e. The number of nitrogens with zero attached hydrogens (tertiary/aromatic N) is 5. The standard InChI is InChI=1S/C16H17N5/c1-20-14(8-9-17-20)12-4-3-5-13(10-12)15-18-16(11-6-7-11)21(2)19-15/h3-5,8-11H,6-7H2,1-2H3. The fourth-order valence-corrected chi connectivity index (χ4v) is 2.69. The first-order chi connectivity index (χ1) is 10.2. The van der Waals surface area contributed by atoms with Crippen molar-refractivity contribution < 1.29 is 0 Å². The fraction of sp³-hybridized carbons (Fsp3) is 0.312. The van der Waals surface area contributed by atoms with Crippen LogP contribution in [0.1, 0.15) is 24.6 Å². The zero-order chi connectivity index (χ0) is 14.4. The third kappa shape index (κ3) is 2.14. The molecule has 1 aliphatic carbocycles. The summed E-state index contributed by atoms with van der Waals surface area (Å²) in [6, 6.07) is 10.3. The zero-order valence-electron chi connectivity index (χ0n) is 12.2. The summed E-state index contributed by atoms with van der Waals surface area (Å²) in [7, 11) is 3.93. The molecule has 1 saturated carbocycles. The highest BCUT2D eigenvalue weighted by molar-refractivity contribution is 5.67. The summed E-state index contributed by atoms with van der Waals surface area (Å²) in [4.78, 5) is 4.72. The van der Waals surface area contributed by atoms with Gasteiger partial charge in [-0.15, -0.1) is 0 Å². The Labute approximate surface area is 123 Å². The Balaban J connectivity index is 1.75. The molecule has 1 fully saturated rings. The van der Waals surface area contributed by atoms with Gasteiger partial charge in [-0.3, -0.25) is 9.36 Å². The van der Waals surface area contributed by atoms with E-state index in [1.165, 1.54) is 12.8 Å². The van der Waals surface area contributed by atoms with Gasteiger partial charge in [-0.2, -0.15) is 10.2 Å². The number of hydrogen-bond donors (Lipinski definition) is 0. The van der Waals surface area contributed by atoms with Gasteiger partial charge in [0.2, 0.25) is 0 Å². The molecule has 0 bridgehead atoms. The van der Waals surface area contributed by atoms with Crippen molar-refractivity contribution in [2.75, 3.05) is 0 Å². The molecule has 0 aliphatic heterocycles. The molecule has 1 aliphatic rings. The van der Waals surface area contributed by atoms with Crippen molar-refractivity contribution in [3.63, 3.8) is 0 Å². The van der Waals surface area contributed by atoms with Crippen molar-refractivity contribution >= 4 is 0 Å². The Bertz CT molecular complexity index is 795. The van der Waals surface area contributed by atoms with Crippen LogP contribution in [0.5, 0.6) is 0 Å². The van der Waals surface area contributed by atoms with E-state index in [1.54, 1.807) is 0 Å². The second-order valence-electron chi connectivity index (χ2n) is 5.61. The van der Waals surface area contributed by atoms with E-state index in [0.717, 1.165) is 28.5 Å². The molecule has 2 heterocycles. The Morgan fingerprint density at radius 2 is 1.86 bits per heavy atom. The number of rotatable bonds is 3. The molecule has 2 aromatic heterocycles. The zero-order valence-corrected chi connectivity index (χ0v) is 12.2. The van der Waals surface area contributed by atoms with Crippen molar-refractivity contribution in [1.29, 1.82) is 0 Å². The summed E-state index contributed by atoms with van der Waals surface area (Å²) in [5.74, 6) is 2.52. The Hall–Kier alpha value is -2.43. The van der Waals surface area contributed by atoms with Gasteiger partial charge in [-0.1, -0.05) is 18.2 Å². The second kappa shape index (κ2) is 4.55. The van der Waals surface area contributed by atoms with Gasteiger partial charge < -0.3 is 0 Å². The van der Waals surface area contributed by atoms with Gasteiger partial charge in [0.05, 0.1) is 5.69 Å². The predicted molar refractivity (Wildman–Crippen MR) is 80.6 cm³/mol. The minimum atomic E-state index is 0.608. The largest absolute Gasteiger partial charge is 0.268 e. The normalized spacial score (nSPS) is 14.6. The number of hydrogen-bond acceptors (Lipinski definition) is 3. The molecule has 0 N–H and O–H groups in total. The summed E-state index contributed by atoms with van der Waals surface area (Å²) >= 11 is 0.